The van der Waals surface area contributed by atoms with Crippen molar-refractivity contribution in [1.29, 1.82) is 0 Å². The maximum atomic E-state index is 5.71. The third-order valence-corrected chi connectivity index (χ3v) is 3.00. The number of ether oxygens (including phenoxy) is 1. The monoisotopic (exact) mass is 264 g/mol. The molecule has 0 saturated heterocycles. The van der Waals surface area contributed by atoms with Crippen LogP contribution in [0.4, 0.5) is 5.69 Å². The maximum Gasteiger partial charge on any atom is 0.119 e. The quantitative estimate of drug-likeness (QED) is 0.598. The number of anilines is 1. The number of nitrogens with one attached hydrogen (secondary N) is 2. The van der Waals surface area contributed by atoms with E-state index in [2.05, 4.69) is 36.6 Å². The van der Waals surface area contributed by atoms with E-state index >= 15 is 0 Å². The molecule has 0 aliphatic carbocycles. The van der Waals surface area contributed by atoms with E-state index in [1.54, 1.807) is 0 Å². The Kier molecular flexibility index (Phi) is 8.90. The molecular formula is C16H28N2O. The SMILES string of the molecule is CCCCCCOc1ccc(NCCNCC)cc1. The molecule has 0 aliphatic rings. The predicted octanol–water partition coefficient (Wildman–Crippen LogP) is 3.67. The Hall–Kier alpha value is -1.22. The Morgan fingerprint density at radius 1 is 0.947 bits per heavy atom. The van der Waals surface area contributed by atoms with Gasteiger partial charge in [-0.25, -0.2) is 0 Å². The summed E-state index contributed by atoms with van der Waals surface area (Å²) in [6.45, 7) is 8.13. The average molecular weight is 264 g/mol. The summed E-state index contributed by atoms with van der Waals surface area (Å²) in [5.74, 6) is 0.966. The van der Waals surface area contributed by atoms with Gasteiger partial charge in [-0.05, 0) is 37.2 Å². The molecule has 1 rings (SSSR count). The highest BCUT2D eigenvalue weighted by Gasteiger charge is 1.95. The van der Waals surface area contributed by atoms with Gasteiger partial charge in [0.15, 0.2) is 0 Å². The minimum Gasteiger partial charge on any atom is -0.494 e. The van der Waals surface area contributed by atoms with Crippen molar-refractivity contribution in [1.82, 2.24) is 5.32 Å². The molecule has 0 aliphatic heterocycles. The van der Waals surface area contributed by atoms with Crippen LogP contribution in [-0.4, -0.2) is 26.2 Å². The lowest BCUT2D eigenvalue weighted by Gasteiger charge is -2.09. The van der Waals surface area contributed by atoms with E-state index in [-0.39, 0.29) is 0 Å². The largest absolute Gasteiger partial charge is 0.494 e. The Labute approximate surface area is 117 Å². The van der Waals surface area contributed by atoms with Gasteiger partial charge in [-0.1, -0.05) is 33.1 Å². The van der Waals surface area contributed by atoms with Crippen LogP contribution in [0.15, 0.2) is 24.3 Å². The Balaban J connectivity index is 2.16. The van der Waals surface area contributed by atoms with Crippen LogP contribution in [0.5, 0.6) is 5.75 Å². The molecule has 2 N–H and O–H groups in total. The molecule has 0 spiro atoms. The van der Waals surface area contributed by atoms with Crippen molar-refractivity contribution in [2.45, 2.75) is 39.5 Å². The van der Waals surface area contributed by atoms with Crippen LogP contribution in [0.3, 0.4) is 0 Å². The van der Waals surface area contributed by atoms with Crippen LogP contribution in [-0.2, 0) is 0 Å². The lowest BCUT2D eigenvalue weighted by Crippen LogP contribution is -2.21. The standard InChI is InChI=1S/C16H28N2O/c1-3-5-6-7-14-19-16-10-8-15(9-11-16)18-13-12-17-4-2/h8-11,17-18H,3-7,12-14H2,1-2H3. The van der Waals surface area contributed by atoms with E-state index < -0.39 is 0 Å². The molecule has 1 aromatic rings. The van der Waals surface area contributed by atoms with Crippen molar-refractivity contribution in [3.8, 4) is 5.75 Å². The van der Waals surface area contributed by atoms with Gasteiger partial charge in [0.05, 0.1) is 6.61 Å². The second-order valence-electron chi connectivity index (χ2n) is 4.71. The average Bonchev–Trinajstić information content (AvgIpc) is 2.45. The van der Waals surface area contributed by atoms with Crippen LogP contribution >= 0.6 is 0 Å². The fourth-order valence-electron chi connectivity index (χ4n) is 1.86. The number of hydrogen-bond donors (Lipinski definition) is 2. The van der Waals surface area contributed by atoms with Crippen LogP contribution < -0.4 is 15.4 Å². The van der Waals surface area contributed by atoms with Gasteiger partial charge >= 0.3 is 0 Å². The van der Waals surface area contributed by atoms with E-state index in [4.69, 9.17) is 4.74 Å². The zero-order valence-electron chi connectivity index (χ0n) is 12.4. The minimum absolute atomic E-state index is 0.827. The zero-order chi connectivity index (χ0) is 13.8. The van der Waals surface area contributed by atoms with Crippen molar-refractivity contribution < 1.29 is 4.74 Å². The summed E-state index contributed by atoms with van der Waals surface area (Å²) in [4.78, 5) is 0. The molecule has 0 radical (unpaired) electrons. The molecule has 3 nitrogen and oxygen atoms in total. The van der Waals surface area contributed by atoms with Gasteiger partial charge in [-0.2, -0.15) is 0 Å². The Bertz CT molecular complexity index is 311. The normalized spacial score (nSPS) is 10.4. The summed E-state index contributed by atoms with van der Waals surface area (Å²) >= 11 is 0. The Morgan fingerprint density at radius 2 is 1.74 bits per heavy atom. The summed E-state index contributed by atoms with van der Waals surface area (Å²) in [6, 6.07) is 8.23. The van der Waals surface area contributed by atoms with E-state index in [1.807, 2.05) is 12.1 Å². The van der Waals surface area contributed by atoms with Crippen LogP contribution in [0.2, 0.25) is 0 Å². The molecule has 0 aromatic heterocycles. The van der Waals surface area contributed by atoms with Crippen molar-refractivity contribution >= 4 is 5.69 Å². The van der Waals surface area contributed by atoms with Gasteiger partial charge in [0.2, 0.25) is 0 Å². The van der Waals surface area contributed by atoms with E-state index in [0.29, 0.717) is 0 Å². The first-order valence-corrected chi connectivity index (χ1v) is 7.54. The topological polar surface area (TPSA) is 33.3 Å². The molecule has 0 amide bonds. The zero-order valence-corrected chi connectivity index (χ0v) is 12.4. The summed E-state index contributed by atoms with van der Waals surface area (Å²) < 4.78 is 5.71. The second-order valence-corrected chi connectivity index (χ2v) is 4.71. The number of rotatable bonds is 11. The number of hydrogen-bond acceptors (Lipinski definition) is 3. The van der Waals surface area contributed by atoms with Crippen molar-refractivity contribution in [2.24, 2.45) is 0 Å². The molecule has 19 heavy (non-hydrogen) atoms. The molecule has 0 atom stereocenters. The Morgan fingerprint density at radius 3 is 2.42 bits per heavy atom. The van der Waals surface area contributed by atoms with Gasteiger partial charge in [0, 0.05) is 18.8 Å². The number of benzene rings is 1. The molecule has 0 fully saturated rings. The van der Waals surface area contributed by atoms with Gasteiger partial charge in [0.1, 0.15) is 5.75 Å². The first-order chi connectivity index (χ1) is 9.36. The van der Waals surface area contributed by atoms with Crippen LogP contribution in [0.1, 0.15) is 39.5 Å². The fourth-order valence-corrected chi connectivity index (χ4v) is 1.86. The molecule has 0 bridgehead atoms. The highest BCUT2D eigenvalue weighted by atomic mass is 16.5. The second kappa shape index (κ2) is 10.7. The summed E-state index contributed by atoms with van der Waals surface area (Å²) in [6.07, 6.45) is 4.99. The van der Waals surface area contributed by atoms with Crippen molar-refractivity contribution in [2.75, 3.05) is 31.6 Å². The van der Waals surface area contributed by atoms with Gasteiger partial charge in [-0.3, -0.25) is 0 Å². The van der Waals surface area contributed by atoms with E-state index in [9.17, 15) is 0 Å². The molecule has 108 valence electrons. The van der Waals surface area contributed by atoms with Crippen LogP contribution in [0, 0.1) is 0 Å². The van der Waals surface area contributed by atoms with E-state index in [1.165, 1.54) is 19.3 Å². The maximum absolute atomic E-state index is 5.71. The van der Waals surface area contributed by atoms with Gasteiger partial charge in [-0.15, -0.1) is 0 Å². The van der Waals surface area contributed by atoms with E-state index in [0.717, 1.165) is 44.1 Å². The molecule has 3 heteroatoms. The molecule has 0 unspecified atom stereocenters. The number of unbranched alkanes of at least 4 members (excludes halogenated alkanes) is 3. The molecular weight excluding hydrogens is 236 g/mol. The highest BCUT2D eigenvalue weighted by Crippen LogP contribution is 2.15. The fraction of sp³-hybridized carbons (Fsp3) is 0.625. The van der Waals surface area contributed by atoms with Crippen molar-refractivity contribution in [3.63, 3.8) is 0 Å². The lowest BCUT2D eigenvalue weighted by atomic mass is 10.2. The van der Waals surface area contributed by atoms with Gasteiger partial charge < -0.3 is 15.4 Å². The first-order valence-electron chi connectivity index (χ1n) is 7.54. The lowest BCUT2D eigenvalue weighted by molar-refractivity contribution is 0.305. The highest BCUT2D eigenvalue weighted by molar-refractivity contribution is 5.46. The molecule has 1 aromatic carbocycles. The summed E-state index contributed by atoms with van der Waals surface area (Å²) in [5.41, 5.74) is 1.15. The third-order valence-electron chi connectivity index (χ3n) is 3.00. The summed E-state index contributed by atoms with van der Waals surface area (Å²) in [7, 11) is 0. The molecule has 0 heterocycles. The smallest absolute Gasteiger partial charge is 0.119 e. The number of likely N-dealkylation sites (N-methyl/N-ethyl adjacent to an activating group) is 1. The van der Waals surface area contributed by atoms with Gasteiger partial charge in [0.25, 0.3) is 0 Å². The summed E-state index contributed by atoms with van der Waals surface area (Å²) in [5, 5.41) is 6.66. The third kappa shape index (κ3) is 7.73. The minimum atomic E-state index is 0.827. The first kappa shape index (κ1) is 15.8. The predicted molar refractivity (Wildman–Crippen MR) is 83.1 cm³/mol. The van der Waals surface area contributed by atoms with Crippen LogP contribution in [0.25, 0.3) is 0 Å². The molecule has 0 saturated carbocycles. The van der Waals surface area contributed by atoms with Crippen molar-refractivity contribution in [3.05, 3.63) is 24.3 Å².